The fourth-order valence-corrected chi connectivity index (χ4v) is 2.36. The van der Waals surface area contributed by atoms with Crippen LogP contribution in [0.3, 0.4) is 0 Å². The maximum atomic E-state index is 8.65. The summed E-state index contributed by atoms with van der Waals surface area (Å²) in [5, 5.41) is 8.65. The van der Waals surface area contributed by atoms with Crippen LogP contribution < -0.4 is 0 Å². The van der Waals surface area contributed by atoms with Gasteiger partial charge in [0.2, 0.25) is 0 Å². The van der Waals surface area contributed by atoms with E-state index in [0.717, 1.165) is 19.6 Å². The molecule has 0 aromatic carbocycles. The highest BCUT2D eigenvalue weighted by molar-refractivity contribution is 4.80. The summed E-state index contributed by atoms with van der Waals surface area (Å²) in [6.07, 6.45) is 2.11. The van der Waals surface area contributed by atoms with Gasteiger partial charge in [-0.1, -0.05) is 6.92 Å². The SMILES string of the molecule is CCC1CN(C)CCCN1CCOC(C)C#N. The van der Waals surface area contributed by atoms with Gasteiger partial charge >= 0.3 is 0 Å². The van der Waals surface area contributed by atoms with Crippen molar-refractivity contribution in [3.63, 3.8) is 0 Å². The molecule has 1 aliphatic rings. The number of likely N-dealkylation sites (N-methyl/N-ethyl adjacent to an activating group) is 1. The van der Waals surface area contributed by atoms with Crippen LogP contribution in [-0.4, -0.2) is 61.8 Å². The van der Waals surface area contributed by atoms with Crippen molar-refractivity contribution in [3.05, 3.63) is 0 Å². The van der Waals surface area contributed by atoms with Crippen LogP contribution in [0.2, 0.25) is 0 Å². The maximum Gasteiger partial charge on any atom is 0.141 e. The minimum Gasteiger partial charge on any atom is -0.362 e. The van der Waals surface area contributed by atoms with Crippen molar-refractivity contribution in [2.24, 2.45) is 0 Å². The highest BCUT2D eigenvalue weighted by Crippen LogP contribution is 2.11. The summed E-state index contributed by atoms with van der Waals surface area (Å²) in [5.41, 5.74) is 0. The van der Waals surface area contributed by atoms with E-state index < -0.39 is 0 Å². The highest BCUT2D eigenvalue weighted by atomic mass is 16.5. The van der Waals surface area contributed by atoms with Crippen LogP contribution in [0.5, 0.6) is 0 Å². The first-order valence-corrected chi connectivity index (χ1v) is 6.61. The molecule has 1 fully saturated rings. The van der Waals surface area contributed by atoms with Crippen molar-refractivity contribution in [2.45, 2.75) is 38.8 Å². The van der Waals surface area contributed by atoms with E-state index in [-0.39, 0.29) is 6.10 Å². The summed E-state index contributed by atoms with van der Waals surface area (Å²) < 4.78 is 5.44. The van der Waals surface area contributed by atoms with Crippen molar-refractivity contribution in [3.8, 4) is 6.07 Å². The Labute approximate surface area is 105 Å². The lowest BCUT2D eigenvalue weighted by Gasteiger charge is -2.30. The summed E-state index contributed by atoms with van der Waals surface area (Å²) in [6.45, 7) is 9.12. The standard InChI is InChI=1S/C13H25N3O/c1-4-13-11-15(3)6-5-7-16(13)8-9-17-12(2)10-14/h12-13H,4-9,11H2,1-3H3. The van der Waals surface area contributed by atoms with E-state index in [4.69, 9.17) is 10.00 Å². The molecule has 4 nitrogen and oxygen atoms in total. The summed E-state index contributed by atoms with van der Waals surface area (Å²) >= 11 is 0. The molecule has 0 amide bonds. The van der Waals surface area contributed by atoms with Gasteiger partial charge in [-0.3, -0.25) is 4.90 Å². The normalized spacial score (nSPS) is 25.2. The predicted molar refractivity (Wildman–Crippen MR) is 68.8 cm³/mol. The Balaban J connectivity index is 2.36. The molecule has 2 atom stereocenters. The first-order chi connectivity index (χ1) is 8.17. The van der Waals surface area contributed by atoms with Crippen LogP contribution in [0.1, 0.15) is 26.7 Å². The van der Waals surface area contributed by atoms with Gasteiger partial charge in [0.05, 0.1) is 12.7 Å². The first kappa shape index (κ1) is 14.4. The van der Waals surface area contributed by atoms with Gasteiger partial charge < -0.3 is 9.64 Å². The zero-order valence-corrected chi connectivity index (χ0v) is 11.4. The summed E-state index contributed by atoms with van der Waals surface area (Å²) in [6, 6.07) is 2.73. The lowest BCUT2D eigenvalue weighted by Crippen LogP contribution is -2.41. The molecule has 0 N–H and O–H groups in total. The first-order valence-electron chi connectivity index (χ1n) is 6.61. The quantitative estimate of drug-likeness (QED) is 0.725. The molecule has 0 spiro atoms. The van der Waals surface area contributed by atoms with Gasteiger partial charge in [0.15, 0.2) is 0 Å². The Kier molecular flexibility index (Phi) is 6.49. The van der Waals surface area contributed by atoms with E-state index in [1.54, 1.807) is 6.92 Å². The smallest absolute Gasteiger partial charge is 0.141 e. The van der Waals surface area contributed by atoms with E-state index in [0.29, 0.717) is 12.6 Å². The largest absolute Gasteiger partial charge is 0.362 e. The Bertz CT molecular complexity index is 252. The topological polar surface area (TPSA) is 39.5 Å². The Hall–Kier alpha value is -0.630. The van der Waals surface area contributed by atoms with E-state index in [2.05, 4.69) is 29.8 Å². The Morgan fingerprint density at radius 2 is 2.24 bits per heavy atom. The second-order valence-corrected chi connectivity index (χ2v) is 4.86. The molecule has 17 heavy (non-hydrogen) atoms. The molecular formula is C13H25N3O. The van der Waals surface area contributed by atoms with Crippen molar-refractivity contribution in [1.29, 1.82) is 5.26 Å². The average molecular weight is 239 g/mol. The summed E-state index contributed by atoms with van der Waals surface area (Å²) in [4.78, 5) is 4.92. The van der Waals surface area contributed by atoms with Crippen LogP contribution in [0.4, 0.5) is 0 Å². The third-order valence-corrected chi connectivity index (χ3v) is 3.42. The maximum absolute atomic E-state index is 8.65. The fourth-order valence-electron chi connectivity index (χ4n) is 2.36. The van der Waals surface area contributed by atoms with E-state index >= 15 is 0 Å². The zero-order valence-electron chi connectivity index (χ0n) is 11.4. The number of ether oxygens (including phenoxy) is 1. The monoisotopic (exact) mass is 239 g/mol. The van der Waals surface area contributed by atoms with Crippen molar-refractivity contribution in [1.82, 2.24) is 9.80 Å². The molecular weight excluding hydrogens is 214 g/mol. The molecule has 2 unspecified atom stereocenters. The Morgan fingerprint density at radius 3 is 2.88 bits per heavy atom. The lowest BCUT2D eigenvalue weighted by molar-refractivity contribution is 0.0649. The van der Waals surface area contributed by atoms with E-state index in [1.165, 1.54) is 19.4 Å². The van der Waals surface area contributed by atoms with Crippen LogP contribution in [0.15, 0.2) is 0 Å². The number of rotatable bonds is 5. The van der Waals surface area contributed by atoms with Crippen LogP contribution >= 0.6 is 0 Å². The molecule has 0 aromatic heterocycles. The fraction of sp³-hybridized carbons (Fsp3) is 0.923. The third-order valence-electron chi connectivity index (χ3n) is 3.42. The van der Waals surface area contributed by atoms with Gasteiger partial charge in [-0.2, -0.15) is 5.26 Å². The molecule has 0 radical (unpaired) electrons. The van der Waals surface area contributed by atoms with Gasteiger partial charge in [-0.25, -0.2) is 0 Å². The molecule has 0 aromatic rings. The van der Waals surface area contributed by atoms with E-state index in [1.807, 2.05) is 0 Å². The lowest BCUT2D eigenvalue weighted by atomic mass is 10.2. The second-order valence-electron chi connectivity index (χ2n) is 4.86. The molecule has 4 heteroatoms. The number of nitrogens with zero attached hydrogens (tertiary/aromatic N) is 3. The summed E-state index contributed by atoms with van der Waals surface area (Å²) in [5.74, 6) is 0. The van der Waals surface area contributed by atoms with E-state index in [9.17, 15) is 0 Å². The van der Waals surface area contributed by atoms with Crippen LogP contribution in [0.25, 0.3) is 0 Å². The predicted octanol–water partition coefficient (Wildman–Crippen LogP) is 1.33. The van der Waals surface area contributed by atoms with Gasteiger partial charge in [0.1, 0.15) is 6.10 Å². The van der Waals surface area contributed by atoms with Crippen molar-refractivity contribution < 1.29 is 4.74 Å². The van der Waals surface area contributed by atoms with Gasteiger partial charge in [-0.05, 0) is 39.9 Å². The molecule has 1 saturated heterocycles. The van der Waals surface area contributed by atoms with Crippen LogP contribution in [0, 0.1) is 11.3 Å². The molecule has 1 heterocycles. The minimum atomic E-state index is -0.287. The molecule has 98 valence electrons. The molecule has 0 bridgehead atoms. The number of nitriles is 1. The minimum absolute atomic E-state index is 0.287. The molecule has 1 aliphatic heterocycles. The summed E-state index contributed by atoms with van der Waals surface area (Å²) in [7, 11) is 2.19. The Morgan fingerprint density at radius 1 is 1.47 bits per heavy atom. The van der Waals surface area contributed by atoms with Crippen molar-refractivity contribution in [2.75, 3.05) is 39.8 Å². The molecule has 0 saturated carbocycles. The van der Waals surface area contributed by atoms with Gasteiger partial charge in [-0.15, -0.1) is 0 Å². The number of hydrogen-bond acceptors (Lipinski definition) is 4. The average Bonchev–Trinajstić information content (AvgIpc) is 2.50. The number of hydrogen-bond donors (Lipinski definition) is 0. The van der Waals surface area contributed by atoms with Gasteiger partial charge in [0, 0.05) is 19.1 Å². The zero-order chi connectivity index (χ0) is 12.7. The highest BCUT2D eigenvalue weighted by Gasteiger charge is 2.21. The third kappa shape index (κ3) is 5.03. The molecule has 0 aliphatic carbocycles. The van der Waals surface area contributed by atoms with Gasteiger partial charge in [0.25, 0.3) is 0 Å². The van der Waals surface area contributed by atoms with Crippen molar-refractivity contribution >= 4 is 0 Å². The van der Waals surface area contributed by atoms with Crippen LogP contribution in [-0.2, 0) is 4.74 Å². The molecule has 1 rings (SSSR count). The second kappa shape index (κ2) is 7.65.